The zero-order chi connectivity index (χ0) is 20.8. The lowest BCUT2D eigenvalue weighted by molar-refractivity contribution is -0.134. The van der Waals surface area contributed by atoms with Gasteiger partial charge in [-0.25, -0.2) is 19.9 Å². The first-order valence-electron chi connectivity index (χ1n) is 9.65. The Morgan fingerprint density at radius 3 is 2.72 bits per heavy atom. The summed E-state index contributed by atoms with van der Waals surface area (Å²) < 4.78 is 37.3. The topological polar surface area (TPSA) is 66.8 Å². The highest BCUT2D eigenvalue weighted by molar-refractivity contribution is 5.94. The first-order valence-corrected chi connectivity index (χ1v) is 9.65. The van der Waals surface area contributed by atoms with Crippen LogP contribution in [0.3, 0.4) is 0 Å². The number of halogens is 3. The van der Waals surface area contributed by atoms with Crippen molar-refractivity contribution in [3.8, 4) is 11.1 Å². The smallest absolute Gasteiger partial charge is 0.345 e. The van der Waals surface area contributed by atoms with E-state index in [1.807, 2.05) is 0 Å². The maximum Gasteiger partial charge on any atom is 0.389 e. The van der Waals surface area contributed by atoms with Crippen molar-refractivity contribution in [3.63, 3.8) is 0 Å². The first-order chi connectivity index (χ1) is 13.7. The van der Waals surface area contributed by atoms with Crippen LogP contribution in [-0.4, -0.2) is 31.8 Å². The number of aryl methyl sites for hydroxylation is 1. The maximum atomic E-state index is 12.4. The van der Waals surface area contributed by atoms with Gasteiger partial charge >= 0.3 is 6.18 Å². The molecular formula is C21H22F3N5. The van der Waals surface area contributed by atoms with Gasteiger partial charge in [-0.2, -0.15) is 13.2 Å². The zero-order valence-corrected chi connectivity index (χ0v) is 16.5. The average Bonchev–Trinajstić information content (AvgIpc) is 3.08. The van der Waals surface area contributed by atoms with E-state index in [4.69, 9.17) is 0 Å². The van der Waals surface area contributed by atoms with E-state index < -0.39 is 12.6 Å². The molecule has 1 atom stereocenters. The normalized spacial score (nSPS) is 16.9. The third-order valence-corrected chi connectivity index (χ3v) is 5.43. The summed E-state index contributed by atoms with van der Waals surface area (Å²) in [5, 5.41) is 0.762. The number of pyridine rings is 1. The number of hydrogen-bond donors (Lipinski definition) is 1. The minimum atomic E-state index is -4.22. The maximum absolute atomic E-state index is 12.4. The van der Waals surface area contributed by atoms with E-state index in [0.29, 0.717) is 17.5 Å². The molecule has 0 aliphatic carbocycles. The van der Waals surface area contributed by atoms with Gasteiger partial charge in [0.1, 0.15) is 11.5 Å². The number of aromatic amines is 1. The van der Waals surface area contributed by atoms with Crippen LogP contribution in [0.1, 0.15) is 38.6 Å². The molecular weight excluding hydrogens is 379 g/mol. The molecule has 4 rings (SSSR count). The van der Waals surface area contributed by atoms with Gasteiger partial charge in [0.15, 0.2) is 5.82 Å². The minimum Gasteiger partial charge on any atom is -0.345 e. The highest BCUT2D eigenvalue weighted by Gasteiger charge is 2.27. The van der Waals surface area contributed by atoms with Crippen molar-refractivity contribution in [3.05, 3.63) is 36.0 Å². The van der Waals surface area contributed by atoms with E-state index >= 15 is 0 Å². The van der Waals surface area contributed by atoms with Crippen LogP contribution in [-0.2, 0) is 12.8 Å². The van der Waals surface area contributed by atoms with Gasteiger partial charge in [-0.05, 0) is 30.9 Å². The number of H-pyrrole nitrogens is 1. The summed E-state index contributed by atoms with van der Waals surface area (Å²) in [5.41, 5.74) is 4.53. The van der Waals surface area contributed by atoms with Crippen LogP contribution in [0.5, 0.6) is 0 Å². The van der Waals surface area contributed by atoms with Gasteiger partial charge in [-0.3, -0.25) is 0 Å². The van der Waals surface area contributed by atoms with E-state index in [-0.39, 0.29) is 12.2 Å². The average molecular weight is 401 g/mol. The fourth-order valence-corrected chi connectivity index (χ4v) is 3.81. The molecule has 1 aliphatic rings. The predicted molar refractivity (Wildman–Crippen MR) is 106 cm³/mol. The SMILES string of the molecule is CC1=Nc2ncc(-c3c[nH]c4nc(CCC(F)(F)F)ncc34)cc2C[C@@H]1C(C)C. The Hall–Kier alpha value is -2.77. The van der Waals surface area contributed by atoms with Crippen LogP contribution < -0.4 is 0 Å². The molecule has 0 bridgehead atoms. The fourth-order valence-electron chi connectivity index (χ4n) is 3.81. The van der Waals surface area contributed by atoms with Crippen LogP contribution in [0, 0.1) is 11.8 Å². The summed E-state index contributed by atoms with van der Waals surface area (Å²) in [6.45, 7) is 6.44. The van der Waals surface area contributed by atoms with Gasteiger partial charge in [-0.15, -0.1) is 0 Å². The molecule has 3 aromatic rings. The summed E-state index contributed by atoms with van der Waals surface area (Å²) in [5.74, 6) is 1.82. The lowest BCUT2D eigenvalue weighted by Crippen LogP contribution is -2.23. The molecule has 152 valence electrons. The molecule has 3 aromatic heterocycles. The van der Waals surface area contributed by atoms with Crippen molar-refractivity contribution in [2.45, 2.75) is 46.2 Å². The fraction of sp³-hybridized carbons (Fsp3) is 0.429. The molecule has 0 unspecified atom stereocenters. The van der Waals surface area contributed by atoms with Gasteiger partial charge < -0.3 is 4.98 Å². The zero-order valence-electron chi connectivity index (χ0n) is 16.5. The van der Waals surface area contributed by atoms with Crippen LogP contribution in [0.4, 0.5) is 19.0 Å². The van der Waals surface area contributed by atoms with Crippen LogP contribution in [0.2, 0.25) is 0 Å². The second-order valence-electron chi connectivity index (χ2n) is 7.88. The molecule has 29 heavy (non-hydrogen) atoms. The van der Waals surface area contributed by atoms with E-state index in [9.17, 15) is 13.2 Å². The highest BCUT2D eigenvalue weighted by atomic mass is 19.4. The Labute approximate surface area is 166 Å². The number of fused-ring (bicyclic) bond motifs is 2. The van der Waals surface area contributed by atoms with Crippen LogP contribution >= 0.6 is 0 Å². The molecule has 0 saturated carbocycles. The molecule has 0 fully saturated rings. The quantitative estimate of drug-likeness (QED) is 0.633. The van der Waals surface area contributed by atoms with Crippen molar-refractivity contribution in [2.75, 3.05) is 0 Å². The summed E-state index contributed by atoms with van der Waals surface area (Å²) in [6, 6.07) is 2.09. The highest BCUT2D eigenvalue weighted by Crippen LogP contribution is 2.35. The Morgan fingerprint density at radius 1 is 1.21 bits per heavy atom. The van der Waals surface area contributed by atoms with Gasteiger partial charge in [0.25, 0.3) is 0 Å². The second kappa shape index (κ2) is 7.24. The second-order valence-corrected chi connectivity index (χ2v) is 7.88. The number of alkyl halides is 3. The number of hydrogen-bond acceptors (Lipinski definition) is 4. The minimum absolute atomic E-state index is 0.177. The Bertz CT molecular complexity index is 1080. The third kappa shape index (κ3) is 4.02. The third-order valence-electron chi connectivity index (χ3n) is 5.43. The molecule has 5 nitrogen and oxygen atoms in total. The molecule has 1 aliphatic heterocycles. The van der Waals surface area contributed by atoms with Crippen LogP contribution in [0.25, 0.3) is 22.2 Å². The Kier molecular flexibility index (Phi) is 4.88. The molecule has 0 radical (unpaired) electrons. The molecule has 0 spiro atoms. The molecule has 0 aromatic carbocycles. The van der Waals surface area contributed by atoms with Gasteiger partial charge in [0.05, 0.1) is 6.42 Å². The van der Waals surface area contributed by atoms with Crippen molar-refractivity contribution >= 4 is 22.6 Å². The molecule has 8 heteroatoms. The van der Waals surface area contributed by atoms with Gasteiger partial charge in [0, 0.05) is 53.2 Å². The lowest BCUT2D eigenvalue weighted by atomic mass is 9.84. The number of rotatable bonds is 4. The Morgan fingerprint density at radius 2 is 2.00 bits per heavy atom. The van der Waals surface area contributed by atoms with Crippen LogP contribution in [0.15, 0.2) is 29.6 Å². The van der Waals surface area contributed by atoms with Crippen molar-refractivity contribution in [1.29, 1.82) is 0 Å². The van der Waals surface area contributed by atoms with E-state index in [1.165, 1.54) is 0 Å². The molecule has 0 saturated heterocycles. The lowest BCUT2D eigenvalue weighted by Gasteiger charge is -2.25. The molecule has 0 amide bonds. The number of aliphatic imine (C=N–C) groups is 1. The predicted octanol–water partition coefficient (Wildman–Crippen LogP) is 5.44. The van der Waals surface area contributed by atoms with Crippen molar-refractivity contribution in [2.24, 2.45) is 16.8 Å². The van der Waals surface area contributed by atoms with Gasteiger partial charge in [0.2, 0.25) is 0 Å². The monoisotopic (exact) mass is 401 g/mol. The summed E-state index contributed by atoms with van der Waals surface area (Å²) in [7, 11) is 0. The van der Waals surface area contributed by atoms with Gasteiger partial charge in [-0.1, -0.05) is 13.8 Å². The van der Waals surface area contributed by atoms with Crippen molar-refractivity contribution < 1.29 is 13.2 Å². The summed E-state index contributed by atoms with van der Waals surface area (Å²) >= 11 is 0. The van der Waals surface area contributed by atoms with E-state index in [2.05, 4.69) is 51.8 Å². The number of nitrogens with zero attached hydrogens (tertiary/aromatic N) is 4. The van der Waals surface area contributed by atoms with E-state index in [0.717, 1.165) is 40.0 Å². The van der Waals surface area contributed by atoms with Crippen molar-refractivity contribution in [1.82, 2.24) is 19.9 Å². The summed E-state index contributed by atoms with van der Waals surface area (Å²) in [6.07, 6.45) is 0.657. The number of nitrogens with one attached hydrogen (secondary N) is 1. The Balaban J connectivity index is 1.65. The summed E-state index contributed by atoms with van der Waals surface area (Å²) in [4.78, 5) is 20.6. The number of aromatic nitrogens is 4. The largest absolute Gasteiger partial charge is 0.389 e. The van der Waals surface area contributed by atoms with E-state index in [1.54, 1.807) is 18.6 Å². The molecule has 1 N–H and O–H groups in total. The molecule has 4 heterocycles. The first kappa shape index (κ1) is 19.5. The standard InChI is InChI=1S/C21H22F3N5/c1-11(2)15-7-13-6-14(8-26-19(13)28-12(15)3)16-9-27-20-17(16)10-25-18(29-20)4-5-21(22,23)24/h6,8-11,15H,4-5,7H2,1-3H3,(H,25,27,29)/t15-/m1/s1.